The molecule has 0 aliphatic carbocycles. The van der Waals surface area contributed by atoms with Gasteiger partial charge in [0.05, 0.1) is 25.9 Å². The molecular weight excluding hydrogens is 652 g/mol. The summed E-state index contributed by atoms with van der Waals surface area (Å²) in [5, 5.41) is 93.7. The third-order valence-electron chi connectivity index (χ3n) is 8.62. The van der Waals surface area contributed by atoms with Gasteiger partial charge in [0, 0.05) is 23.6 Å². The average molecular weight is 693 g/mol. The Morgan fingerprint density at radius 1 is 0.918 bits per heavy atom. The molecule has 11 unspecified atom stereocenters. The Morgan fingerprint density at radius 3 is 2.12 bits per heavy atom. The second-order valence-electron chi connectivity index (χ2n) is 12.1. The van der Waals surface area contributed by atoms with Crippen molar-refractivity contribution in [2.75, 3.05) is 13.7 Å². The molecule has 3 aromatic rings. The minimum absolute atomic E-state index is 0.0280. The first kappa shape index (κ1) is 36.5. The van der Waals surface area contributed by atoms with Gasteiger partial charge in [0.25, 0.3) is 0 Å². The molecule has 5 rings (SSSR count). The van der Waals surface area contributed by atoms with Crippen LogP contribution in [0.3, 0.4) is 0 Å². The van der Waals surface area contributed by atoms with Gasteiger partial charge in [0.1, 0.15) is 70.9 Å². The maximum atomic E-state index is 14.3. The third-order valence-corrected chi connectivity index (χ3v) is 8.62. The minimum Gasteiger partial charge on any atom is -0.507 e. The van der Waals surface area contributed by atoms with Gasteiger partial charge in [-0.15, -0.1) is 0 Å². The maximum Gasteiger partial charge on any atom is 0.239 e. The van der Waals surface area contributed by atoms with Crippen LogP contribution in [0.4, 0.5) is 0 Å². The summed E-state index contributed by atoms with van der Waals surface area (Å²) in [7, 11) is 1.45. The lowest BCUT2D eigenvalue weighted by atomic mass is 9.97. The van der Waals surface area contributed by atoms with Gasteiger partial charge < -0.3 is 74.1 Å². The highest BCUT2D eigenvalue weighted by molar-refractivity contribution is 5.91. The summed E-state index contributed by atoms with van der Waals surface area (Å²) in [4.78, 5) is 14.3. The molecule has 16 nitrogen and oxygen atoms in total. The Kier molecular flexibility index (Phi) is 10.9. The van der Waals surface area contributed by atoms with Gasteiger partial charge in [0.2, 0.25) is 23.8 Å². The summed E-state index contributed by atoms with van der Waals surface area (Å²) in [5.41, 5.74) is -0.772. The predicted molar refractivity (Wildman–Crippen MR) is 168 cm³/mol. The minimum atomic E-state index is -1.84. The molecule has 16 heteroatoms. The van der Waals surface area contributed by atoms with E-state index in [1.165, 1.54) is 33.1 Å². The molecule has 0 amide bonds. The fourth-order valence-corrected chi connectivity index (χ4v) is 5.58. The van der Waals surface area contributed by atoms with E-state index in [0.29, 0.717) is 11.3 Å². The van der Waals surface area contributed by atoms with Gasteiger partial charge >= 0.3 is 0 Å². The standard InChI is InChI=1S/C33H40O16/c1-12(2)17(35)9-16-19(46-33-28(43)26(41)23(38)20(11-34)47-33)10-18(36)21-24(39)31(49-32-27(42)25(40)22(37)13(3)45-32)29(48-30(16)21)14-5-7-15(44-4)8-6-14/h5-8,10,13,17,20,22-23,25-28,32-38,40-43H,1,9,11H2,2-4H3. The smallest absolute Gasteiger partial charge is 0.239 e. The zero-order valence-corrected chi connectivity index (χ0v) is 26.7. The molecule has 2 aromatic carbocycles. The molecule has 9 N–H and O–H groups in total. The number of methoxy groups -OCH3 is 1. The highest BCUT2D eigenvalue weighted by Gasteiger charge is 2.46. The van der Waals surface area contributed by atoms with E-state index in [9.17, 15) is 50.8 Å². The zero-order valence-electron chi connectivity index (χ0n) is 26.7. The van der Waals surface area contributed by atoms with Crippen molar-refractivity contribution in [1.29, 1.82) is 0 Å². The molecule has 0 bridgehead atoms. The Labute approximate surface area is 279 Å². The van der Waals surface area contributed by atoms with Gasteiger partial charge in [-0.05, 0) is 38.1 Å². The van der Waals surface area contributed by atoms with Crippen molar-refractivity contribution in [3.05, 3.63) is 58.3 Å². The molecule has 49 heavy (non-hydrogen) atoms. The number of phenolic OH excluding ortho intramolecular Hbond substituents is 1. The number of hydrogen-bond donors (Lipinski definition) is 9. The molecule has 268 valence electrons. The van der Waals surface area contributed by atoms with E-state index in [2.05, 4.69) is 6.58 Å². The van der Waals surface area contributed by atoms with Crippen LogP contribution in [0, 0.1) is 0 Å². The van der Waals surface area contributed by atoms with Crippen LogP contribution in [-0.2, 0) is 15.9 Å². The van der Waals surface area contributed by atoms with Gasteiger partial charge in [-0.3, -0.25) is 4.79 Å². The molecule has 2 fully saturated rings. The van der Waals surface area contributed by atoms with E-state index >= 15 is 0 Å². The highest BCUT2D eigenvalue weighted by atomic mass is 16.7. The van der Waals surface area contributed by atoms with Crippen molar-refractivity contribution in [3.8, 4) is 34.3 Å². The van der Waals surface area contributed by atoms with E-state index in [1.807, 2.05) is 0 Å². The van der Waals surface area contributed by atoms with Crippen molar-refractivity contribution >= 4 is 11.0 Å². The number of benzene rings is 2. The summed E-state index contributed by atoms with van der Waals surface area (Å²) in [6.45, 7) is 5.97. The number of fused-ring (bicyclic) bond motifs is 1. The SMILES string of the molecule is C=C(C)C(O)Cc1c(OC2OC(CO)C(O)C(O)C2O)cc(O)c2c(=O)c(OC3OC(C)C(O)C(O)C3O)c(-c3ccc(OC)cc3)oc12. The lowest BCUT2D eigenvalue weighted by Crippen LogP contribution is -2.60. The van der Waals surface area contributed by atoms with Gasteiger partial charge in [-0.1, -0.05) is 12.2 Å². The molecule has 2 saturated heterocycles. The summed E-state index contributed by atoms with van der Waals surface area (Å²) in [5.74, 6) is -1.35. The van der Waals surface area contributed by atoms with Gasteiger partial charge in [-0.25, -0.2) is 0 Å². The van der Waals surface area contributed by atoms with Crippen LogP contribution in [0.1, 0.15) is 19.4 Å². The van der Waals surface area contributed by atoms with Crippen molar-refractivity contribution in [3.63, 3.8) is 0 Å². The summed E-state index contributed by atoms with van der Waals surface area (Å²) in [6.07, 6.45) is -17.6. The molecule has 3 heterocycles. The van der Waals surface area contributed by atoms with Crippen LogP contribution >= 0.6 is 0 Å². The van der Waals surface area contributed by atoms with Crippen molar-refractivity contribution < 1.29 is 74.1 Å². The third kappa shape index (κ3) is 6.98. The molecule has 2 aliphatic rings. The maximum absolute atomic E-state index is 14.3. The van der Waals surface area contributed by atoms with E-state index < -0.39 is 96.4 Å². The fourth-order valence-electron chi connectivity index (χ4n) is 5.58. The number of aliphatic hydroxyl groups excluding tert-OH is 8. The first-order valence-corrected chi connectivity index (χ1v) is 15.3. The van der Waals surface area contributed by atoms with Crippen LogP contribution in [0.15, 0.2) is 51.7 Å². The predicted octanol–water partition coefficient (Wildman–Crippen LogP) is -0.961. The fraction of sp³-hybridized carbons (Fsp3) is 0.485. The monoisotopic (exact) mass is 692 g/mol. The quantitative estimate of drug-likeness (QED) is 0.116. The highest BCUT2D eigenvalue weighted by Crippen LogP contribution is 2.42. The van der Waals surface area contributed by atoms with E-state index in [1.54, 1.807) is 12.1 Å². The van der Waals surface area contributed by atoms with Crippen molar-refractivity contribution in [2.45, 2.75) is 87.8 Å². The Balaban J connectivity index is 1.73. The second-order valence-corrected chi connectivity index (χ2v) is 12.1. The summed E-state index contributed by atoms with van der Waals surface area (Å²) in [6, 6.07) is 7.13. The molecule has 2 aliphatic heterocycles. The lowest BCUT2D eigenvalue weighted by molar-refractivity contribution is -0.277. The number of aromatic hydroxyl groups is 1. The molecule has 0 spiro atoms. The summed E-state index contributed by atoms with van der Waals surface area (Å²) < 4.78 is 34.3. The second kappa shape index (κ2) is 14.6. The number of phenols is 1. The van der Waals surface area contributed by atoms with E-state index in [0.717, 1.165) is 6.07 Å². The molecular formula is C33H40O16. The Morgan fingerprint density at radius 2 is 1.53 bits per heavy atom. The average Bonchev–Trinajstić information content (AvgIpc) is 3.08. The number of hydrogen-bond acceptors (Lipinski definition) is 16. The molecule has 1 aromatic heterocycles. The van der Waals surface area contributed by atoms with Gasteiger partial charge in [0.15, 0.2) is 5.76 Å². The van der Waals surface area contributed by atoms with Crippen molar-refractivity contribution in [2.24, 2.45) is 0 Å². The summed E-state index contributed by atoms with van der Waals surface area (Å²) >= 11 is 0. The van der Waals surface area contributed by atoms with Crippen LogP contribution in [0.5, 0.6) is 23.0 Å². The Bertz CT molecular complexity index is 1700. The van der Waals surface area contributed by atoms with Crippen LogP contribution < -0.4 is 19.6 Å². The largest absolute Gasteiger partial charge is 0.507 e. The number of ether oxygens (including phenoxy) is 5. The number of aliphatic hydroxyl groups is 8. The first-order chi connectivity index (χ1) is 23.2. The van der Waals surface area contributed by atoms with Crippen molar-refractivity contribution in [1.82, 2.24) is 0 Å². The molecule has 0 radical (unpaired) electrons. The van der Waals surface area contributed by atoms with Crippen LogP contribution in [0.2, 0.25) is 0 Å². The first-order valence-electron chi connectivity index (χ1n) is 15.3. The molecule has 0 saturated carbocycles. The number of rotatable bonds is 10. The topological polar surface area (TPSA) is 258 Å². The normalized spacial score (nSPS) is 30.9. The van der Waals surface area contributed by atoms with E-state index in [4.69, 9.17) is 28.1 Å². The lowest BCUT2D eigenvalue weighted by Gasteiger charge is -2.39. The molecule has 11 atom stereocenters. The van der Waals surface area contributed by atoms with Gasteiger partial charge in [-0.2, -0.15) is 0 Å². The Hall–Kier alpha value is -3.81. The van der Waals surface area contributed by atoms with Crippen LogP contribution in [-0.4, -0.2) is 127 Å². The zero-order chi connectivity index (χ0) is 35.9. The van der Waals surface area contributed by atoms with E-state index in [-0.39, 0.29) is 34.6 Å². The van der Waals surface area contributed by atoms with Crippen LogP contribution in [0.25, 0.3) is 22.3 Å².